The van der Waals surface area contributed by atoms with Crippen molar-refractivity contribution < 1.29 is 55.6 Å². The van der Waals surface area contributed by atoms with E-state index in [-0.39, 0.29) is 38.6 Å². The molecule has 3 aromatic rings. The van der Waals surface area contributed by atoms with E-state index in [9.17, 15) is 9.13 Å². The molecule has 0 saturated carbocycles. The van der Waals surface area contributed by atoms with E-state index in [0.717, 1.165) is 0 Å². The van der Waals surface area contributed by atoms with Gasteiger partial charge in [0, 0.05) is 11.4 Å². The number of rotatable bonds is 24. The minimum Gasteiger partial charge on any atom is -0.493 e. The Morgan fingerprint density at radius 2 is 0.942 bits per heavy atom. The number of ether oxygens (including phenoxy) is 6. The molecule has 0 spiro atoms. The van der Waals surface area contributed by atoms with Crippen LogP contribution in [0.4, 0.5) is 11.4 Å². The summed E-state index contributed by atoms with van der Waals surface area (Å²) in [7, 11) is -4.42. The van der Waals surface area contributed by atoms with Gasteiger partial charge in [0.2, 0.25) is 0 Å². The van der Waals surface area contributed by atoms with Crippen LogP contribution in [0, 0.1) is 0 Å². The second-order valence-electron chi connectivity index (χ2n) is 11.8. The third kappa shape index (κ3) is 10.4. The Bertz CT molecular complexity index is 1540. The van der Waals surface area contributed by atoms with Crippen molar-refractivity contribution >= 4 is 26.6 Å². The summed E-state index contributed by atoms with van der Waals surface area (Å²) in [6, 6.07) is 17.9. The van der Waals surface area contributed by atoms with Gasteiger partial charge in [-0.2, -0.15) is 0 Å². The van der Waals surface area contributed by atoms with Crippen LogP contribution in [0.3, 0.4) is 0 Å². The zero-order valence-corrected chi connectivity index (χ0v) is 32.3. The maximum atomic E-state index is 14.3. The molecule has 0 aliphatic carbocycles. The molecule has 2 aliphatic heterocycles. The number of nitrogens with one attached hydrogen (secondary N) is 2. The van der Waals surface area contributed by atoms with Gasteiger partial charge in [-0.15, -0.1) is 0 Å². The minimum absolute atomic E-state index is 0.0726. The Balaban J connectivity index is 1.42. The first-order chi connectivity index (χ1) is 25.2. The van der Waals surface area contributed by atoms with Crippen LogP contribution in [0.5, 0.6) is 23.0 Å². The number of hydrogen-bond donors (Lipinski definition) is 2. The van der Waals surface area contributed by atoms with E-state index in [0.29, 0.717) is 71.9 Å². The zero-order valence-electron chi connectivity index (χ0n) is 30.5. The molecule has 2 aliphatic rings. The lowest BCUT2D eigenvalue weighted by Crippen LogP contribution is -2.17. The molecule has 0 radical (unpaired) electrons. The molecule has 2 heterocycles. The van der Waals surface area contributed by atoms with E-state index in [4.69, 9.17) is 46.5 Å². The topological polar surface area (TPSA) is 157 Å². The molecule has 16 heteroatoms. The molecule has 2 fully saturated rings. The van der Waals surface area contributed by atoms with Crippen LogP contribution in [0.1, 0.15) is 50.4 Å². The van der Waals surface area contributed by atoms with Gasteiger partial charge >= 0.3 is 15.2 Å². The molecule has 3 aromatic carbocycles. The summed E-state index contributed by atoms with van der Waals surface area (Å²) in [5.41, 5.74) is 2.47. The molecule has 4 unspecified atom stereocenters. The van der Waals surface area contributed by atoms with Crippen LogP contribution in [0.2, 0.25) is 0 Å². The average Bonchev–Trinajstić information content (AvgIpc) is 4.08. The lowest BCUT2D eigenvalue weighted by atomic mass is 10.1. The van der Waals surface area contributed by atoms with Crippen molar-refractivity contribution in [2.75, 3.05) is 77.7 Å². The van der Waals surface area contributed by atoms with Crippen LogP contribution in [0.25, 0.3) is 0 Å². The Morgan fingerprint density at radius 3 is 1.23 bits per heavy atom. The number of anilines is 2. The Morgan fingerprint density at radius 1 is 0.596 bits per heavy atom. The highest BCUT2D eigenvalue weighted by atomic mass is 31.2. The van der Waals surface area contributed by atoms with E-state index >= 15 is 0 Å². The van der Waals surface area contributed by atoms with E-state index in [2.05, 4.69) is 10.6 Å². The lowest BCUT2D eigenvalue weighted by Gasteiger charge is -2.29. The quantitative estimate of drug-likeness (QED) is 0.0668. The van der Waals surface area contributed by atoms with Crippen molar-refractivity contribution in [1.29, 1.82) is 0 Å². The molecular formula is C36H50N2O12P2. The van der Waals surface area contributed by atoms with Crippen molar-refractivity contribution in [3.63, 3.8) is 0 Å². The third-order valence-electron chi connectivity index (χ3n) is 8.02. The first-order valence-corrected chi connectivity index (χ1v) is 20.7. The van der Waals surface area contributed by atoms with Crippen molar-refractivity contribution in [2.45, 2.75) is 51.5 Å². The van der Waals surface area contributed by atoms with Crippen LogP contribution >= 0.6 is 15.2 Å². The Labute approximate surface area is 305 Å². The first-order valence-electron chi connectivity index (χ1n) is 17.4. The maximum absolute atomic E-state index is 14.3. The van der Waals surface area contributed by atoms with Crippen LogP contribution in [-0.4, -0.2) is 79.3 Å². The van der Waals surface area contributed by atoms with Gasteiger partial charge in [0.15, 0.2) is 34.6 Å². The fourth-order valence-corrected chi connectivity index (χ4v) is 9.25. The predicted molar refractivity (Wildman–Crippen MR) is 197 cm³/mol. The molecule has 2 saturated heterocycles. The van der Waals surface area contributed by atoms with Gasteiger partial charge in [-0.05, 0) is 87.4 Å². The molecule has 2 N–H and O–H groups in total. The van der Waals surface area contributed by atoms with Gasteiger partial charge in [0.25, 0.3) is 0 Å². The summed E-state index contributed by atoms with van der Waals surface area (Å²) in [5, 5.41) is 6.73. The monoisotopic (exact) mass is 764 g/mol. The highest BCUT2D eigenvalue weighted by molar-refractivity contribution is 7.54. The van der Waals surface area contributed by atoms with Crippen molar-refractivity contribution in [3.05, 3.63) is 71.8 Å². The predicted octanol–water partition coefficient (Wildman–Crippen LogP) is 8.01. The SMILES string of the molecule is CCOP(=O)(OCC)C(Nc1ccc(NC(c2ccc(OCC3CO3)c(OC)c2)P(=O)(OCC)OCC)cc1)c1ccc(OCC2CO2)c(OC)c1. The standard InChI is InChI=1S/C36H50N2O12P2/c1-7-47-51(39,48-8-2)35(25-11-17-31(33(19-25)41-5)45-23-29-21-43-29)37-27-13-15-28(16-14-27)38-36(52(40,49-9-3)50-10-4)26-12-18-32(34(20-26)42-6)46-24-30-22-44-30/h11-20,29-30,35-38H,7-10,21-24H2,1-6H3. The van der Waals surface area contributed by atoms with E-state index < -0.39 is 26.8 Å². The number of epoxide rings is 2. The fourth-order valence-electron chi connectivity index (χ4n) is 5.40. The summed E-state index contributed by atoms with van der Waals surface area (Å²) < 4.78 is 85.4. The van der Waals surface area contributed by atoms with E-state index in [1.54, 1.807) is 78.3 Å². The van der Waals surface area contributed by atoms with Gasteiger partial charge in [0.05, 0.1) is 53.9 Å². The largest absolute Gasteiger partial charge is 0.493 e. The fraction of sp³-hybridized carbons (Fsp3) is 0.500. The van der Waals surface area contributed by atoms with Gasteiger partial charge < -0.3 is 57.1 Å². The van der Waals surface area contributed by atoms with Gasteiger partial charge in [-0.3, -0.25) is 9.13 Å². The number of benzene rings is 3. The summed E-state index contributed by atoms with van der Waals surface area (Å²) >= 11 is 0. The van der Waals surface area contributed by atoms with E-state index in [1.807, 2.05) is 24.3 Å². The second-order valence-corrected chi connectivity index (χ2v) is 16.0. The van der Waals surface area contributed by atoms with Gasteiger partial charge in [-0.1, -0.05) is 12.1 Å². The number of methoxy groups -OCH3 is 2. The highest BCUT2D eigenvalue weighted by Crippen LogP contribution is 2.62. The molecule has 14 nitrogen and oxygen atoms in total. The summed E-state index contributed by atoms with van der Waals surface area (Å²) in [6.07, 6.45) is 0.145. The maximum Gasteiger partial charge on any atom is 0.357 e. The Hall–Kier alpha value is -3.32. The van der Waals surface area contributed by atoms with Crippen LogP contribution in [0.15, 0.2) is 60.7 Å². The summed E-state index contributed by atoms with van der Waals surface area (Å²) in [6.45, 7) is 9.89. The van der Waals surface area contributed by atoms with Crippen molar-refractivity contribution in [1.82, 2.24) is 0 Å². The summed E-state index contributed by atoms with van der Waals surface area (Å²) in [5.74, 6) is 0.218. The molecule has 4 atom stereocenters. The van der Waals surface area contributed by atoms with Crippen LogP contribution in [-0.2, 0) is 36.7 Å². The van der Waals surface area contributed by atoms with Crippen molar-refractivity contribution in [3.8, 4) is 23.0 Å². The molecule has 52 heavy (non-hydrogen) atoms. The van der Waals surface area contributed by atoms with E-state index in [1.165, 1.54) is 0 Å². The molecule has 0 amide bonds. The second kappa shape index (κ2) is 18.6. The van der Waals surface area contributed by atoms with Crippen LogP contribution < -0.4 is 29.6 Å². The first kappa shape index (κ1) is 39.9. The Kier molecular flexibility index (Phi) is 14.3. The molecule has 0 bridgehead atoms. The third-order valence-corrected chi connectivity index (χ3v) is 12.6. The number of hydrogen-bond acceptors (Lipinski definition) is 14. The van der Waals surface area contributed by atoms with Crippen molar-refractivity contribution in [2.24, 2.45) is 0 Å². The smallest absolute Gasteiger partial charge is 0.357 e. The summed E-state index contributed by atoms with van der Waals surface area (Å²) in [4.78, 5) is 0. The molecule has 5 rings (SSSR count). The molecule has 286 valence electrons. The zero-order chi connectivity index (χ0) is 37.1. The lowest BCUT2D eigenvalue weighted by molar-refractivity contribution is 0.213. The molecule has 0 aromatic heterocycles. The minimum atomic E-state index is -3.76. The average molecular weight is 765 g/mol. The van der Waals surface area contributed by atoms with Gasteiger partial charge in [0.1, 0.15) is 25.4 Å². The van der Waals surface area contributed by atoms with Gasteiger partial charge in [-0.25, -0.2) is 0 Å². The normalized spacial score (nSPS) is 17.9. The highest BCUT2D eigenvalue weighted by Gasteiger charge is 2.39. The molecular weight excluding hydrogens is 714 g/mol.